The number of benzene rings is 1. The lowest BCUT2D eigenvalue weighted by Gasteiger charge is -2.18. The zero-order valence-corrected chi connectivity index (χ0v) is 11.7. The van der Waals surface area contributed by atoms with Gasteiger partial charge in [-0.25, -0.2) is 9.18 Å². The van der Waals surface area contributed by atoms with Crippen LogP contribution < -0.4 is 5.73 Å². The Hall–Kier alpha value is -0.550. The average Bonchev–Trinajstić information content (AvgIpc) is 2.33. The third kappa shape index (κ3) is 3.26. The largest absolute Gasteiger partial charge is 0.464 e. The van der Waals surface area contributed by atoms with Crippen LogP contribution in [0.4, 0.5) is 4.39 Å². The molecule has 3 nitrogen and oxygen atoms in total. The summed E-state index contributed by atoms with van der Waals surface area (Å²) < 4.78 is 18.3. The maximum atomic E-state index is 13.8. The van der Waals surface area contributed by atoms with Crippen molar-refractivity contribution in [2.24, 2.45) is 5.73 Å². The first kappa shape index (κ1) is 15.5. The van der Waals surface area contributed by atoms with Gasteiger partial charge in [-0.05, 0) is 19.1 Å². The second-order valence-corrected chi connectivity index (χ2v) is 4.63. The molecule has 0 spiro atoms. The highest BCUT2D eigenvalue weighted by Gasteiger charge is 2.31. The van der Waals surface area contributed by atoms with Gasteiger partial charge in [0.1, 0.15) is 0 Å². The van der Waals surface area contributed by atoms with Gasteiger partial charge < -0.3 is 10.5 Å². The maximum Gasteiger partial charge on any atom is 0.342 e. The SMILES string of the molecule is CCOC(=O)C(F)[C@H](N)c1c(Cl)ccc(Cl)c1Cl. The van der Waals surface area contributed by atoms with Crippen LogP contribution >= 0.6 is 34.8 Å². The summed E-state index contributed by atoms with van der Waals surface area (Å²) in [6.07, 6.45) is -2.06. The summed E-state index contributed by atoms with van der Waals surface area (Å²) in [5, 5.41) is 0.357. The molecule has 0 aliphatic carbocycles. The summed E-state index contributed by atoms with van der Waals surface area (Å²) in [5.74, 6) is -1.06. The molecule has 1 rings (SSSR count). The molecule has 1 aromatic carbocycles. The van der Waals surface area contributed by atoms with Crippen molar-refractivity contribution >= 4 is 40.8 Å². The molecule has 18 heavy (non-hydrogen) atoms. The van der Waals surface area contributed by atoms with E-state index in [1.807, 2.05) is 0 Å². The first-order valence-electron chi connectivity index (χ1n) is 5.09. The number of alkyl halides is 1. The van der Waals surface area contributed by atoms with Crippen LogP contribution in [0.25, 0.3) is 0 Å². The number of hydrogen-bond donors (Lipinski definition) is 1. The van der Waals surface area contributed by atoms with E-state index >= 15 is 0 Å². The van der Waals surface area contributed by atoms with Crippen molar-refractivity contribution in [1.29, 1.82) is 0 Å². The zero-order valence-electron chi connectivity index (χ0n) is 9.42. The molecule has 100 valence electrons. The van der Waals surface area contributed by atoms with Crippen LogP contribution in [0.1, 0.15) is 18.5 Å². The second-order valence-electron chi connectivity index (χ2n) is 3.44. The minimum Gasteiger partial charge on any atom is -0.464 e. The van der Waals surface area contributed by atoms with E-state index < -0.39 is 18.2 Å². The topological polar surface area (TPSA) is 52.3 Å². The third-order valence-corrected chi connectivity index (χ3v) is 3.39. The summed E-state index contributed by atoms with van der Waals surface area (Å²) in [6, 6.07) is 1.56. The fourth-order valence-electron chi connectivity index (χ4n) is 1.36. The average molecular weight is 315 g/mol. The minimum atomic E-state index is -2.06. The van der Waals surface area contributed by atoms with Crippen LogP contribution in [0.3, 0.4) is 0 Å². The van der Waals surface area contributed by atoms with Crippen molar-refractivity contribution in [3.63, 3.8) is 0 Å². The van der Waals surface area contributed by atoms with Gasteiger partial charge in [0.15, 0.2) is 0 Å². The van der Waals surface area contributed by atoms with Crippen LogP contribution in [0, 0.1) is 0 Å². The number of carbonyl (C=O) groups excluding carboxylic acids is 1. The predicted octanol–water partition coefficient (Wildman–Crippen LogP) is 3.55. The normalized spacial score (nSPS) is 14.1. The summed E-state index contributed by atoms with van der Waals surface area (Å²) in [7, 11) is 0. The Bertz CT molecular complexity index is 456. The van der Waals surface area contributed by atoms with E-state index in [0.717, 1.165) is 0 Å². The van der Waals surface area contributed by atoms with E-state index in [1.165, 1.54) is 12.1 Å². The van der Waals surface area contributed by atoms with Crippen LogP contribution in [-0.2, 0) is 9.53 Å². The molecule has 2 atom stereocenters. The van der Waals surface area contributed by atoms with Gasteiger partial charge in [0.2, 0.25) is 6.17 Å². The third-order valence-electron chi connectivity index (χ3n) is 2.24. The summed E-state index contributed by atoms with van der Waals surface area (Å²) in [6.45, 7) is 1.62. The van der Waals surface area contributed by atoms with Crippen molar-refractivity contribution in [3.05, 3.63) is 32.8 Å². The van der Waals surface area contributed by atoms with Crippen molar-refractivity contribution in [1.82, 2.24) is 0 Å². The summed E-state index contributed by atoms with van der Waals surface area (Å²) in [4.78, 5) is 11.3. The standard InChI is InChI=1S/C11H11Cl3FNO2/c1-2-18-11(17)9(15)10(16)7-5(12)3-4-6(13)8(7)14/h3-4,9-10H,2,16H2,1H3/t9?,10-/m1/s1. The number of carbonyl (C=O) groups is 1. The Labute approximate surface area is 119 Å². The lowest BCUT2D eigenvalue weighted by molar-refractivity contribution is -0.149. The Balaban J connectivity index is 3.07. The lowest BCUT2D eigenvalue weighted by Crippen LogP contribution is -2.32. The molecule has 7 heteroatoms. The lowest BCUT2D eigenvalue weighted by atomic mass is 10.0. The van der Waals surface area contributed by atoms with E-state index in [1.54, 1.807) is 6.92 Å². The molecule has 0 saturated carbocycles. The monoisotopic (exact) mass is 313 g/mol. The van der Waals surface area contributed by atoms with E-state index in [9.17, 15) is 9.18 Å². The van der Waals surface area contributed by atoms with Crippen LogP contribution in [0.2, 0.25) is 15.1 Å². The van der Waals surface area contributed by atoms with E-state index in [-0.39, 0.29) is 27.2 Å². The number of rotatable bonds is 4. The van der Waals surface area contributed by atoms with Crippen molar-refractivity contribution in [2.75, 3.05) is 6.61 Å². The van der Waals surface area contributed by atoms with Crippen molar-refractivity contribution in [3.8, 4) is 0 Å². The quantitative estimate of drug-likeness (QED) is 0.683. The van der Waals surface area contributed by atoms with Crippen molar-refractivity contribution < 1.29 is 13.9 Å². The smallest absolute Gasteiger partial charge is 0.342 e. The molecule has 0 saturated heterocycles. The summed E-state index contributed by atoms with van der Waals surface area (Å²) >= 11 is 17.6. The number of nitrogens with two attached hydrogens (primary N) is 1. The Morgan fingerprint density at radius 2 is 1.94 bits per heavy atom. The molecule has 0 radical (unpaired) electrons. The molecule has 0 aliphatic rings. The van der Waals surface area contributed by atoms with Gasteiger partial charge >= 0.3 is 5.97 Å². The molecule has 1 aromatic rings. The zero-order chi connectivity index (χ0) is 13.9. The molecule has 2 N–H and O–H groups in total. The molecule has 0 fully saturated rings. The van der Waals surface area contributed by atoms with Crippen LogP contribution in [0.5, 0.6) is 0 Å². The van der Waals surface area contributed by atoms with Crippen molar-refractivity contribution in [2.45, 2.75) is 19.1 Å². The van der Waals surface area contributed by atoms with Crippen LogP contribution in [-0.4, -0.2) is 18.7 Å². The number of halogens is 4. The fourth-order valence-corrected chi connectivity index (χ4v) is 2.15. The Morgan fingerprint density at radius 1 is 1.39 bits per heavy atom. The fraction of sp³-hybridized carbons (Fsp3) is 0.364. The number of esters is 1. The van der Waals surface area contributed by atoms with Gasteiger partial charge in [0, 0.05) is 10.6 Å². The van der Waals surface area contributed by atoms with Gasteiger partial charge in [0.25, 0.3) is 0 Å². The van der Waals surface area contributed by atoms with E-state index in [4.69, 9.17) is 40.5 Å². The minimum absolute atomic E-state index is 0.0311. The number of ether oxygens (including phenoxy) is 1. The maximum absolute atomic E-state index is 13.8. The molecule has 0 aromatic heterocycles. The molecule has 1 unspecified atom stereocenters. The summed E-state index contributed by atoms with van der Waals surface area (Å²) in [5.41, 5.74) is 5.73. The molecule has 0 aliphatic heterocycles. The van der Waals surface area contributed by atoms with Gasteiger partial charge in [0.05, 0.1) is 22.7 Å². The van der Waals surface area contributed by atoms with Gasteiger partial charge in [-0.15, -0.1) is 0 Å². The van der Waals surface area contributed by atoms with E-state index in [0.29, 0.717) is 0 Å². The van der Waals surface area contributed by atoms with Gasteiger partial charge in [-0.3, -0.25) is 0 Å². The van der Waals surface area contributed by atoms with Gasteiger partial charge in [-0.2, -0.15) is 0 Å². The van der Waals surface area contributed by atoms with E-state index in [2.05, 4.69) is 4.74 Å². The Morgan fingerprint density at radius 3 is 2.50 bits per heavy atom. The molecular formula is C11H11Cl3FNO2. The first-order chi connectivity index (χ1) is 8.40. The highest BCUT2D eigenvalue weighted by Crippen LogP contribution is 2.36. The highest BCUT2D eigenvalue weighted by atomic mass is 35.5. The van der Waals surface area contributed by atoms with Gasteiger partial charge in [-0.1, -0.05) is 34.8 Å². The molecule has 0 amide bonds. The molecular weight excluding hydrogens is 303 g/mol. The highest BCUT2D eigenvalue weighted by molar-refractivity contribution is 6.44. The molecule has 0 bridgehead atoms. The number of hydrogen-bond acceptors (Lipinski definition) is 3. The predicted molar refractivity (Wildman–Crippen MR) is 69.9 cm³/mol. The van der Waals surface area contributed by atoms with Crippen LogP contribution in [0.15, 0.2) is 12.1 Å². The first-order valence-corrected chi connectivity index (χ1v) is 6.23. The Kier molecular flexibility index (Phi) is 5.66. The second kappa shape index (κ2) is 6.57. The molecule has 0 heterocycles.